The highest BCUT2D eigenvalue weighted by atomic mass is 16.6. The molecule has 0 fully saturated rings. The molecule has 456 valence electrons. The van der Waals surface area contributed by atoms with E-state index in [0.29, 0.717) is 19.3 Å². The van der Waals surface area contributed by atoms with E-state index < -0.39 is 18.0 Å². The molecule has 0 radical (unpaired) electrons. The predicted molar refractivity (Wildman–Crippen MR) is 361 cm³/mol. The monoisotopic (exact) mass is 1130 g/mol. The van der Waals surface area contributed by atoms with Gasteiger partial charge in [0.15, 0.2) is 6.10 Å². The number of allylic oxidation sites excluding steroid dienone is 37. The molecular weight excluding hydrogens is 1020 g/mol. The van der Waals surface area contributed by atoms with Gasteiger partial charge in [-0.25, -0.2) is 0 Å². The minimum absolute atomic E-state index is 0.0978. The van der Waals surface area contributed by atoms with Crippen molar-refractivity contribution in [2.24, 2.45) is 0 Å². The normalized spacial score (nSPS) is 13.7. The zero-order valence-electron chi connectivity index (χ0n) is 52.1. The zero-order chi connectivity index (χ0) is 59.9. The lowest BCUT2D eigenvalue weighted by Crippen LogP contribution is -2.30. The highest BCUT2D eigenvalue weighted by molar-refractivity contribution is 5.72. The van der Waals surface area contributed by atoms with Crippen molar-refractivity contribution in [3.63, 3.8) is 0 Å². The fraction of sp³-hybridized carbons (Fsp3) is 0.468. The molecule has 0 spiro atoms. The van der Waals surface area contributed by atoms with Crippen LogP contribution in [0.1, 0.15) is 213 Å². The first-order chi connectivity index (χ1) is 41.0. The van der Waals surface area contributed by atoms with Crippen LogP contribution in [0.2, 0.25) is 0 Å². The van der Waals surface area contributed by atoms with Crippen LogP contribution in [0.15, 0.2) is 231 Å². The van der Waals surface area contributed by atoms with Gasteiger partial charge in [0.2, 0.25) is 0 Å². The number of hydrogen-bond acceptors (Lipinski definition) is 6. The number of hydrogen-bond donors (Lipinski definition) is 0. The van der Waals surface area contributed by atoms with E-state index in [0.717, 1.165) is 161 Å². The summed E-state index contributed by atoms with van der Waals surface area (Å²) >= 11 is 0. The Balaban J connectivity index is 4.52. The molecule has 0 aromatic carbocycles. The van der Waals surface area contributed by atoms with Gasteiger partial charge in [0.05, 0.1) is 6.42 Å². The fourth-order valence-electron chi connectivity index (χ4n) is 7.54. The molecule has 0 aromatic rings. The van der Waals surface area contributed by atoms with Gasteiger partial charge < -0.3 is 14.2 Å². The fourth-order valence-corrected chi connectivity index (χ4v) is 7.54. The number of rotatable bonds is 54. The quantitative estimate of drug-likeness (QED) is 0.0261. The molecule has 0 heterocycles. The van der Waals surface area contributed by atoms with E-state index in [-0.39, 0.29) is 32.0 Å². The van der Waals surface area contributed by atoms with Crippen LogP contribution in [0.3, 0.4) is 0 Å². The molecule has 0 aliphatic heterocycles. The Kier molecular flexibility index (Phi) is 62.6. The van der Waals surface area contributed by atoms with Crippen LogP contribution in [0.25, 0.3) is 0 Å². The third-order valence-electron chi connectivity index (χ3n) is 12.2. The summed E-state index contributed by atoms with van der Waals surface area (Å²) in [7, 11) is 0. The Morgan fingerprint density at radius 1 is 0.253 bits per heavy atom. The van der Waals surface area contributed by atoms with E-state index in [4.69, 9.17) is 14.2 Å². The first-order valence-corrected chi connectivity index (χ1v) is 31.9. The smallest absolute Gasteiger partial charge is 0.309 e. The summed E-state index contributed by atoms with van der Waals surface area (Å²) < 4.78 is 16.7. The van der Waals surface area contributed by atoms with Gasteiger partial charge in [-0.1, -0.05) is 271 Å². The third-order valence-corrected chi connectivity index (χ3v) is 12.2. The first kappa shape index (κ1) is 76.5. The molecule has 6 heteroatoms. The number of carbonyl (C=O) groups excluding carboxylic acids is 3. The second-order valence-electron chi connectivity index (χ2n) is 19.8. The molecule has 0 saturated heterocycles. The van der Waals surface area contributed by atoms with Crippen molar-refractivity contribution in [1.82, 2.24) is 0 Å². The van der Waals surface area contributed by atoms with Crippen LogP contribution >= 0.6 is 0 Å². The molecule has 0 aromatic heterocycles. The standard InChI is InChI=1S/C77H112O6/c1-4-7-10-13-16-19-22-25-28-30-31-32-33-34-35-36-37-38-39-40-41-42-43-44-45-47-49-52-55-58-61-64-67-70-76(79)82-73-74(72-81-75(78)69-66-63-60-57-54-51-48-27-24-21-18-15-12-9-6-3)83-77(80)71-68-65-62-59-56-53-50-46-29-26-23-20-17-14-11-8-5-2/h7-12,16-21,25-29,31-32,34-35,37-38,40-41,43-44,47-50,53-54,57,59,62-63,66,74H,4-6,13-15,22-24,30,33,36,39,42,45-46,51-52,55-56,58,60-61,64-65,67-73H2,1-3H3/b10-7-,11-8-,12-9-,19-16-,20-17-,21-18-,28-25-,29-26-,32-31-,35-34-,38-37-,41-40-,44-43-,48-27-,49-47-,53-50-,57-54-,62-59-,66-63-. The van der Waals surface area contributed by atoms with E-state index in [1.807, 2.05) is 6.08 Å². The van der Waals surface area contributed by atoms with Gasteiger partial charge in [0.1, 0.15) is 13.2 Å². The number of ether oxygens (including phenoxy) is 3. The highest BCUT2D eigenvalue weighted by Gasteiger charge is 2.19. The van der Waals surface area contributed by atoms with E-state index in [1.54, 1.807) is 6.08 Å². The Morgan fingerprint density at radius 3 is 0.819 bits per heavy atom. The molecule has 0 bridgehead atoms. The molecule has 83 heavy (non-hydrogen) atoms. The lowest BCUT2D eigenvalue weighted by Gasteiger charge is -2.18. The summed E-state index contributed by atoms with van der Waals surface area (Å²) in [4.78, 5) is 38.2. The summed E-state index contributed by atoms with van der Waals surface area (Å²) in [6.07, 6.45) is 108. The van der Waals surface area contributed by atoms with E-state index in [9.17, 15) is 14.4 Å². The van der Waals surface area contributed by atoms with E-state index in [1.165, 1.54) is 0 Å². The number of unbranched alkanes of at least 4 members (excludes halogenated alkanes) is 6. The van der Waals surface area contributed by atoms with Crippen LogP contribution in [0.4, 0.5) is 0 Å². The van der Waals surface area contributed by atoms with Crippen LogP contribution in [0, 0.1) is 0 Å². The lowest BCUT2D eigenvalue weighted by molar-refractivity contribution is -0.166. The van der Waals surface area contributed by atoms with Crippen LogP contribution in [-0.2, 0) is 28.6 Å². The van der Waals surface area contributed by atoms with Crippen molar-refractivity contribution in [2.45, 2.75) is 219 Å². The number of esters is 3. The second kappa shape index (κ2) is 68.0. The van der Waals surface area contributed by atoms with Crippen LogP contribution < -0.4 is 0 Å². The van der Waals surface area contributed by atoms with E-state index >= 15 is 0 Å². The Bertz CT molecular complexity index is 2130. The minimum atomic E-state index is -0.873. The topological polar surface area (TPSA) is 78.9 Å². The first-order valence-electron chi connectivity index (χ1n) is 31.9. The zero-order valence-corrected chi connectivity index (χ0v) is 52.1. The SMILES string of the molecule is CC/C=C\C/C=C\C/C=C\C/C=C\C/C=C\C/C=C\C/C=C\C/C=C\C/C=C\CCCCCCCC(=O)OCC(COC(=O)C/C=C\C/C=C\C/C=C\C/C=C\C/C=C\CC)OC(=O)CCC/C=C\C/C=C\C/C=C\C/C=C\C/C=C\CC. The van der Waals surface area contributed by atoms with Gasteiger partial charge in [-0.3, -0.25) is 14.4 Å². The van der Waals surface area contributed by atoms with E-state index in [2.05, 4.69) is 240 Å². The van der Waals surface area contributed by atoms with Gasteiger partial charge in [0, 0.05) is 12.8 Å². The maximum Gasteiger partial charge on any atom is 0.309 e. The summed E-state index contributed by atoms with van der Waals surface area (Å²) in [6, 6.07) is 0. The largest absolute Gasteiger partial charge is 0.462 e. The summed E-state index contributed by atoms with van der Waals surface area (Å²) in [5, 5.41) is 0. The molecule has 6 nitrogen and oxygen atoms in total. The summed E-state index contributed by atoms with van der Waals surface area (Å²) in [6.45, 7) is 6.11. The maximum absolute atomic E-state index is 12.9. The lowest BCUT2D eigenvalue weighted by atomic mass is 10.1. The van der Waals surface area contributed by atoms with Crippen LogP contribution in [0.5, 0.6) is 0 Å². The van der Waals surface area contributed by atoms with Crippen molar-refractivity contribution < 1.29 is 28.6 Å². The van der Waals surface area contributed by atoms with Gasteiger partial charge in [-0.05, 0) is 154 Å². The summed E-state index contributed by atoms with van der Waals surface area (Å²) in [5.41, 5.74) is 0. The molecule has 0 aliphatic rings. The Labute approximate surface area is 507 Å². The van der Waals surface area contributed by atoms with Gasteiger partial charge in [-0.15, -0.1) is 0 Å². The average molecular weight is 1130 g/mol. The van der Waals surface area contributed by atoms with Gasteiger partial charge in [-0.2, -0.15) is 0 Å². The summed E-state index contributed by atoms with van der Waals surface area (Å²) in [5.74, 6) is -1.18. The molecule has 1 unspecified atom stereocenters. The predicted octanol–water partition coefficient (Wildman–Crippen LogP) is 22.3. The molecule has 0 N–H and O–H groups in total. The number of carbonyl (C=O) groups is 3. The highest BCUT2D eigenvalue weighted by Crippen LogP contribution is 2.11. The van der Waals surface area contributed by atoms with Crippen molar-refractivity contribution in [2.75, 3.05) is 13.2 Å². The molecule has 0 rings (SSSR count). The van der Waals surface area contributed by atoms with Crippen molar-refractivity contribution in [3.05, 3.63) is 231 Å². The Morgan fingerprint density at radius 2 is 0.494 bits per heavy atom. The maximum atomic E-state index is 12.9. The van der Waals surface area contributed by atoms with Gasteiger partial charge in [0.25, 0.3) is 0 Å². The third kappa shape index (κ3) is 66.2. The van der Waals surface area contributed by atoms with Crippen molar-refractivity contribution >= 4 is 17.9 Å². The van der Waals surface area contributed by atoms with Gasteiger partial charge >= 0.3 is 17.9 Å². The van der Waals surface area contributed by atoms with Crippen LogP contribution in [-0.4, -0.2) is 37.2 Å². The molecule has 1 atom stereocenters. The average Bonchev–Trinajstić information content (AvgIpc) is 3.49. The van der Waals surface area contributed by atoms with Crippen molar-refractivity contribution in [1.29, 1.82) is 0 Å². The molecule has 0 amide bonds. The minimum Gasteiger partial charge on any atom is -0.462 e. The second-order valence-corrected chi connectivity index (χ2v) is 19.8. The molecule has 0 saturated carbocycles. The molecular formula is C77H112O6. The Hall–Kier alpha value is -6.53. The molecule has 0 aliphatic carbocycles. The van der Waals surface area contributed by atoms with Crippen molar-refractivity contribution in [3.8, 4) is 0 Å².